The first-order valence-corrected chi connectivity index (χ1v) is 7.81. The predicted octanol–water partition coefficient (Wildman–Crippen LogP) is 3.27. The molecule has 2 heterocycles. The van der Waals surface area contributed by atoms with E-state index in [-0.39, 0.29) is 17.5 Å². The van der Waals surface area contributed by atoms with E-state index < -0.39 is 0 Å². The van der Waals surface area contributed by atoms with Crippen molar-refractivity contribution in [3.8, 4) is 0 Å². The molecule has 22 heavy (non-hydrogen) atoms. The van der Waals surface area contributed by atoms with Crippen LogP contribution in [0, 0.1) is 0 Å². The van der Waals surface area contributed by atoms with Gasteiger partial charge in [0, 0.05) is 30.3 Å². The van der Waals surface area contributed by atoms with Crippen LogP contribution in [0.15, 0.2) is 54.6 Å². The third-order valence-corrected chi connectivity index (χ3v) is 5.28. The standard InChI is InChI=1S/C19H20N2O/c1-19-12-13-21(17(22)14-8-4-3-5-9-14)18(19)20(2)16-11-7-6-10-15(16)19/h3-11,18H,12-13H2,1-2H3. The smallest absolute Gasteiger partial charge is 0.255 e. The van der Waals surface area contributed by atoms with Crippen LogP contribution in [0.25, 0.3) is 0 Å². The Hall–Kier alpha value is -2.29. The summed E-state index contributed by atoms with van der Waals surface area (Å²) in [7, 11) is 2.10. The number of carbonyl (C=O) groups excluding carboxylic acids is 1. The molecule has 2 unspecified atom stereocenters. The molecule has 2 aliphatic rings. The highest BCUT2D eigenvalue weighted by atomic mass is 16.2. The Morgan fingerprint density at radius 3 is 2.55 bits per heavy atom. The fourth-order valence-electron chi connectivity index (χ4n) is 4.21. The Bertz CT molecular complexity index is 727. The van der Waals surface area contributed by atoms with Gasteiger partial charge in [-0.2, -0.15) is 0 Å². The van der Waals surface area contributed by atoms with Crippen LogP contribution < -0.4 is 4.90 Å². The zero-order valence-electron chi connectivity index (χ0n) is 13.0. The molecule has 2 aliphatic heterocycles. The zero-order chi connectivity index (χ0) is 15.3. The van der Waals surface area contributed by atoms with Gasteiger partial charge in [-0.05, 0) is 30.2 Å². The molecule has 0 radical (unpaired) electrons. The number of carbonyl (C=O) groups is 1. The summed E-state index contributed by atoms with van der Waals surface area (Å²) in [5.74, 6) is 0.133. The highest BCUT2D eigenvalue weighted by Crippen LogP contribution is 2.51. The molecule has 3 heteroatoms. The summed E-state index contributed by atoms with van der Waals surface area (Å²) < 4.78 is 0. The fourth-order valence-corrected chi connectivity index (χ4v) is 4.21. The van der Waals surface area contributed by atoms with Crippen molar-refractivity contribution in [1.29, 1.82) is 0 Å². The molecule has 2 aromatic carbocycles. The summed E-state index contributed by atoms with van der Waals surface area (Å²) in [6, 6.07) is 18.1. The summed E-state index contributed by atoms with van der Waals surface area (Å²) in [5.41, 5.74) is 3.41. The largest absolute Gasteiger partial charge is 0.353 e. The number of benzene rings is 2. The molecule has 0 bridgehead atoms. The topological polar surface area (TPSA) is 23.6 Å². The molecule has 4 rings (SSSR count). The first kappa shape index (κ1) is 13.4. The highest BCUT2D eigenvalue weighted by Gasteiger charge is 2.54. The summed E-state index contributed by atoms with van der Waals surface area (Å²) >= 11 is 0. The minimum atomic E-state index is 0.0236. The number of amides is 1. The Labute approximate surface area is 131 Å². The van der Waals surface area contributed by atoms with Crippen molar-refractivity contribution in [3.05, 3.63) is 65.7 Å². The Kier molecular flexibility index (Phi) is 2.80. The molecular weight excluding hydrogens is 272 g/mol. The number of rotatable bonds is 1. The summed E-state index contributed by atoms with van der Waals surface area (Å²) in [6.45, 7) is 3.10. The van der Waals surface area contributed by atoms with Crippen molar-refractivity contribution in [1.82, 2.24) is 4.90 Å². The van der Waals surface area contributed by atoms with Crippen LogP contribution in [0.5, 0.6) is 0 Å². The molecule has 2 aromatic rings. The number of likely N-dealkylation sites (N-methyl/N-ethyl adjacent to an activating group) is 1. The third-order valence-electron chi connectivity index (χ3n) is 5.28. The van der Waals surface area contributed by atoms with Gasteiger partial charge in [-0.1, -0.05) is 43.3 Å². The number of hydrogen-bond acceptors (Lipinski definition) is 2. The molecule has 0 aliphatic carbocycles. The third kappa shape index (κ3) is 1.65. The number of fused-ring (bicyclic) bond motifs is 3. The van der Waals surface area contributed by atoms with Gasteiger partial charge in [-0.15, -0.1) is 0 Å². The fraction of sp³-hybridized carbons (Fsp3) is 0.316. The van der Waals surface area contributed by atoms with Gasteiger partial charge >= 0.3 is 0 Å². The minimum absolute atomic E-state index is 0.0236. The highest BCUT2D eigenvalue weighted by molar-refractivity contribution is 5.95. The van der Waals surface area contributed by atoms with Crippen molar-refractivity contribution >= 4 is 11.6 Å². The van der Waals surface area contributed by atoms with E-state index in [2.05, 4.69) is 43.1 Å². The molecule has 1 amide bonds. The molecule has 1 fully saturated rings. The van der Waals surface area contributed by atoms with Crippen LogP contribution in [0.1, 0.15) is 29.3 Å². The summed E-state index contributed by atoms with van der Waals surface area (Å²) in [6.07, 6.45) is 1.12. The molecule has 0 aromatic heterocycles. The maximum atomic E-state index is 12.9. The van der Waals surface area contributed by atoms with E-state index in [9.17, 15) is 4.79 Å². The Morgan fingerprint density at radius 1 is 1.09 bits per heavy atom. The zero-order valence-corrected chi connectivity index (χ0v) is 13.0. The monoisotopic (exact) mass is 292 g/mol. The number of hydrogen-bond donors (Lipinski definition) is 0. The number of para-hydroxylation sites is 1. The van der Waals surface area contributed by atoms with Gasteiger partial charge in [-0.3, -0.25) is 4.79 Å². The van der Waals surface area contributed by atoms with Crippen LogP contribution >= 0.6 is 0 Å². The molecule has 112 valence electrons. The summed E-state index contributed by atoms with van der Waals surface area (Å²) in [4.78, 5) is 17.2. The van der Waals surface area contributed by atoms with E-state index in [1.54, 1.807) is 0 Å². The average molecular weight is 292 g/mol. The van der Waals surface area contributed by atoms with Crippen LogP contribution in [-0.2, 0) is 5.41 Å². The van der Waals surface area contributed by atoms with Crippen LogP contribution in [0.2, 0.25) is 0 Å². The lowest BCUT2D eigenvalue weighted by molar-refractivity contribution is 0.0719. The van der Waals surface area contributed by atoms with E-state index in [0.717, 1.165) is 18.5 Å². The molecule has 0 spiro atoms. The number of anilines is 1. The van der Waals surface area contributed by atoms with E-state index in [0.29, 0.717) is 0 Å². The van der Waals surface area contributed by atoms with E-state index in [1.807, 2.05) is 35.2 Å². The van der Waals surface area contributed by atoms with Gasteiger partial charge in [0.25, 0.3) is 5.91 Å². The number of likely N-dealkylation sites (tertiary alicyclic amines) is 1. The second-order valence-corrected chi connectivity index (χ2v) is 6.53. The Morgan fingerprint density at radius 2 is 1.77 bits per heavy atom. The van der Waals surface area contributed by atoms with Crippen molar-refractivity contribution in [2.24, 2.45) is 0 Å². The second kappa shape index (κ2) is 4.60. The quantitative estimate of drug-likeness (QED) is 0.805. The van der Waals surface area contributed by atoms with E-state index in [4.69, 9.17) is 0 Å². The van der Waals surface area contributed by atoms with Crippen LogP contribution in [0.4, 0.5) is 5.69 Å². The van der Waals surface area contributed by atoms with Gasteiger partial charge in [-0.25, -0.2) is 0 Å². The molecule has 3 nitrogen and oxygen atoms in total. The van der Waals surface area contributed by atoms with Gasteiger partial charge in [0.05, 0.1) is 0 Å². The number of nitrogens with zero attached hydrogens (tertiary/aromatic N) is 2. The lowest BCUT2D eigenvalue weighted by Gasteiger charge is -2.34. The van der Waals surface area contributed by atoms with Gasteiger partial charge in [0.1, 0.15) is 6.17 Å². The van der Waals surface area contributed by atoms with Crippen molar-refractivity contribution in [2.75, 3.05) is 18.5 Å². The predicted molar refractivity (Wildman–Crippen MR) is 88.1 cm³/mol. The maximum absolute atomic E-state index is 12.9. The minimum Gasteiger partial charge on any atom is -0.353 e. The van der Waals surface area contributed by atoms with Crippen molar-refractivity contribution in [3.63, 3.8) is 0 Å². The molecular formula is C19H20N2O. The van der Waals surface area contributed by atoms with E-state index in [1.165, 1.54) is 11.3 Å². The average Bonchev–Trinajstić information content (AvgIpc) is 3.02. The lowest BCUT2D eigenvalue weighted by atomic mass is 9.81. The molecule has 1 saturated heterocycles. The normalized spacial score (nSPS) is 26.0. The second-order valence-electron chi connectivity index (χ2n) is 6.53. The Balaban J connectivity index is 1.74. The van der Waals surface area contributed by atoms with Gasteiger partial charge in [0.15, 0.2) is 0 Å². The van der Waals surface area contributed by atoms with Crippen molar-refractivity contribution < 1.29 is 4.79 Å². The molecule has 2 atom stereocenters. The van der Waals surface area contributed by atoms with Gasteiger partial charge < -0.3 is 9.80 Å². The van der Waals surface area contributed by atoms with Crippen molar-refractivity contribution in [2.45, 2.75) is 24.9 Å². The summed E-state index contributed by atoms with van der Waals surface area (Å²) in [5, 5.41) is 0. The first-order chi connectivity index (χ1) is 10.6. The SMILES string of the molecule is CN1c2ccccc2C2(C)CCN(C(=O)c3ccccc3)C12. The first-order valence-electron chi connectivity index (χ1n) is 7.81. The van der Waals surface area contributed by atoms with Crippen LogP contribution in [0.3, 0.4) is 0 Å². The lowest BCUT2D eigenvalue weighted by Crippen LogP contribution is -2.49. The van der Waals surface area contributed by atoms with Gasteiger partial charge in [0.2, 0.25) is 0 Å². The molecule has 0 N–H and O–H groups in total. The molecule has 0 saturated carbocycles. The van der Waals surface area contributed by atoms with Crippen LogP contribution in [-0.4, -0.2) is 30.6 Å². The maximum Gasteiger partial charge on any atom is 0.255 e. The van der Waals surface area contributed by atoms with E-state index >= 15 is 0 Å².